The average Bonchev–Trinajstić information content (AvgIpc) is 3.35. The first kappa shape index (κ1) is 28.5. The highest BCUT2D eigenvalue weighted by Gasteiger charge is 2.28. The largest absolute Gasteiger partial charge is 0.471 e. The molecule has 2 aromatic rings. The molecule has 176 valence electrons. The van der Waals surface area contributed by atoms with E-state index in [2.05, 4.69) is 21.3 Å². The van der Waals surface area contributed by atoms with Gasteiger partial charge in [-0.25, -0.2) is 5.26 Å². The zero-order valence-corrected chi connectivity index (χ0v) is 21.2. The smallest absolute Gasteiger partial charge is 0.292 e. The average molecular weight is 510 g/mol. The molecule has 1 atom stereocenters. The number of rotatable bonds is 5. The number of hydrogen-bond acceptors (Lipinski definition) is 6. The van der Waals surface area contributed by atoms with Gasteiger partial charge in [0.1, 0.15) is 0 Å². The summed E-state index contributed by atoms with van der Waals surface area (Å²) in [6, 6.07) is 5.21. The Morgan fingerprint density at radius 1 is 1.30 bits per heavy atom. The van der Waals surface area contributed by atoms with E-state index in [1.807, 2.05) is 19.2 Å². The zero-order valence-electron chi connectivity index (χ0n) is 18.9. The molecule has 3 rings (SSSR count). The lowest BCUT2D eigenvalue weighted by molar-refractivity contribution is -0.126. The first-order valence-corrected chi connectivity index (χ1v) is 12.0. The molecule has 7 nitrogen and oxygen atoms in total. The first-order chi connectivity index (χ1) is 15.8. The van der Waals surface area contributed by atoms with Crippen LogP contribution in [0.3, 0.4) is 0 Å². The van der Waals surface area contributed by atoms with E-state index in [1.165, 1.54) is 18.4 Å². The van der Waals surface area contributed by atoms with Gasteiger partial charge >= 0.3 is 0 Å². The normalized spacial score (nSPS) is 12.3. The molecular weight excluding hydrogens is 484 g/mol. The number of carbonyl (C=O) groups excluding carboxylic acids is 3. The second-order valence-electron chi connectivity index (χ2n) is 6.73. The van der Waals surface area contributed by atoms with Gasteiger partial charge in [0.25, 0.3) is 25.0 Å². The Kier molecular flexibility index (Phi) is 12.6. The van der Waals surface area contributed by atoms with E-state index in [4.69, 9.17) is 33.3 Å². The van der Waals surface area contributed by atoms with E-state index < -0.39 is 12.1 Å². The molecule has 1 aliphatic rings. The Bertz CT molecular complexity index is 997. The van der Waals surface area contributed by atoms with Gasteiger partial charge in [-0.3, -0.25) is 14.4 Å². The summed E-state index contributed by atoms with van der Waals surface area (Å²) in [6.07, 6.45) is 1.33. The van der Waals surface area contributed by atoms with E-state index in [0.717, 1.165) is 11.1 Å². The molecule has 2 amide bonds. The number of methoxy groups -OCH3 is 1. The van der Waals surface area contributed by atoms with Gasteiger partial charge in [0.15, 0.2) is 0 Å². The quantitative estimate of drug-likeness (QED) is 0.348. The van der Waals surface area contributed by atoms with Crippen molar-refractivity contribution in [1.29, 1.82) is 5.26 Å². The number of fused-ring (bicyclic) bond motifs is 1. The van der Waals surface area contributed by atoms with Crippen LogP contribution in [0.5, 0.6) is 0 Å². The SMILES string of the molecule is CC.CC(NC(=O)c1cccs1)NC(=O)c1c(Cl)cc2c(c1Cl)CCB(C#N)C2.COC=O. The van der Waals surface area contributed by atoms with Gasteiger partial charge < -0.3 is 15.4 Å². The van der Waals surface area contributed by atoms with Crippen LogP contribution in [0, 0.1) is 11.2 Å². The van der Waals surface area contributed by atoms with Crippen molar-refractivity contribution in [2.45, 2.75) is 46.0 Å². The lowest BCUT2D eigenvalue weighted by Gasteiger charge is -2.22. The molecule has 2 N–H and O–H groups in total. The van der Waals surface area contributed by atoms with Crippen LogP contribution in [-0.2, 0) is 22.3 Å². The summed E-state index contributed by atoms with van der Waals surface area (Å²) in [5.74, 6) is 1.56. The fourth-order valence-electron chi connectivity index (χ4n) is 3.15. The molecule has 0 spiro atoms. The van der Waals surface area contributed by atoms with Gasteiger partial charge in [-0.2, -0.15) is 0 Å². The molecule has 0 fully saturated rings. The summed E-state index contributed by atoms with van der Waals surface area (Å²) in [6.45, 7) is 5.98. The Morgan fingerprint density at radius 2 is 1.94 bits per heavy atom. The Labute approximate surface area is 208 Å². The summed E-state index contributed by atoms with van der Waals surface area (Å²) in [5, 5.41) is 16.9. The van der Waals surface area contributed by atoms with Crippen LogP contribution in [0.2, 0.25) is 16.4 Å². The molecule has 0 bridgehead atoms. The number of hydrogen-bond donors (Lipinski definition) is 2. The van der Waals surface area contributed by atoms with Crippen molar-refractivity contribution >= 4 is 59.5 Å². The number of benzene rings is 1. The molecule has 33 heavy (non-hydrogen) atoms. The highest BCUT2D eigenvalue weighted by Crippen LogP contribution is 2.35. The fraction of sp³-hybridized carbons (Fsp3) is 0.364. The van der Waals surface area contributed by atoms with Crippen molar-refractivity contribution in [2.75, 3.05) is 7.11 Å². The number of nitrogens with zero attached hydrogens (tertiary/aromatic N) is 1. The van der Waals surface area contributed by atoms with Crippen LogP contribution >= 0.6 is 34.5 Å². The molecular formula is C22H26BCl2N3O4S. The summed E-state index contributed by atoms with van der Waals surface area (Å²) >= 11 is 14.1. The van der Waals surface area contributed by atoms with Gasteiger partial charge in [-0.1, -0.05) is 49.4 Å². The summed E-state index contributed by atoms with van der Waals surface area (Å²) in [5.41, 5.74) is 1.98. The molecule has 1 aromatic carbocycles. The molecule has 11 heteroatoms. The minimum atomic E-state index is -0.599. The second kappa shape index (κ2) is 14.6. The van der Waals surface area contributed by atoms with Gasteiger partial charge in [0.2, 0.25) is 0 Å². The highest BCUT2D eigenvalue weighted by atomic mass is 35.5. The number of ether oxygens (including phenoxy) is 1. The van der Waals surface area contributed by atoms with Crippen LogP contribution in [0.25, 0.3) is 0 Å². The lowest BCUT2D eigenvalue weighted by atomic mass is 9.42. The van der Waals surface area contributed by atoms with Crippen LogP contribution in [0.4, 0.5) is 0 Å². The van der Waals surface area contributed by atoms with E-state index in [1.54, 1.807) is 25.1 Å². The predicted octanol–water partition coefficient (Wildman–Crippen LogP) is 4.57. The van der Waals surface area contributed by atoms with Crippen LogP contribution in [-0.4, -0.2) is 38.3 Å². The van der Waals surface area contributed by atoms with Gasteiger partial charge in [-0.15, -0.1) is 11.3 Å². The molecule has 0 saturated carbocycles. The Morgan fingerprint density at radius 3 is 2.48 bits per heavy atom. The maximum atomic E-state index is 12.7. The van der Waals surface area contributed by atoms with Crippen molar-refractivity contribution in [1.82, 2.24) is 10.6 Å². The van der Waals surface area contributed by atoms with Crippen LogP contribution in [0.15, 0.2) is 23.6 Å². The molecule has 2 heterocycles. The second-order valence-corrected chi connectivity index (χ2v) is 8.46. The van der Waals surface area contributed by atoms with E-state index in [-0.39, 0.29) is 23.2 Å². The van der Waals surface area contributed by atoms with Gasteiger partial charge in [0, 0.05) is 5.97 Å². The fourth-order valence-corrected chi connectivity index (χ4v) is 4.54. The Balaban J connectivity index is 0.000000820. The predicted molar refractivity (Wildman–Crippen MR) is 133 cm³/mol. The molecule has 0 saturated heterocycles. The van der Waals surface area contributed by atoms with E-state index >= 15 is 0 Å². The number of carbonyl (C=O) groups is 3. The molecule has 0 radical (unpaired) electrons. The van der Waals surface area contributed by atoms with Crippen molar-refractivity contribution in [3.63, 3.8) is 0 Å². The van der Waals surface area contributed by atoms with Crippen molar-refractivity contribution in [3.8, 4) is 5.97 Å². The zero-order chi connectivity index (χ0) is 25.0. The van der Waals surface area contributed by atoms with Crippen molar-refractivity contribution in [3.05, 3.63) is 55.2 Å². The third kappa shape index (κ3) is 8.07. The van der Waals surface area contributed by atoms with Gasteiger partial charge in [-0.05, 0) is 48.3 Å². The minimum Gasteiger partial charge on any atom is -0.471 e. The maximum absolute atomic E-state index is 12.7. The van der Waals surface area contributed by atoms with Gasteiger partial charge in [0.05, 0.1) is 33.8 Å². The molecule has 1 aliphatic heterocycles. The number of nitrogens with one attached hydrogen (secondary N) is 2. The summed E-state index contributed by atoms with van der Waals surface area (Å²) < 4.78 is 3.86. The number of nitriles is 1. The highest BCUT2D eigenvalue weighted by molar-refractivity contribution is 7.12. The number of amides is 2. The first-order valence-electron chi connectivity index (χ1n) is 10.3. The van der Waals surface area contributed by atoms with Crippen molar-refractivity contribution < 1.29 is 19.1 Å². The van der Waals surface area contributed by atoms with E-state index in [0.29, 0.717) is 35.4 Å². The summed E-state index contributed by atoms with van der Waals surface area (Å²) in [4.78, 5) is 34.3. The topological polar surface area (TPSA) is 108 Å². The monoisotopic (exact) mass is 509 g/mol. The minimum absolute atomic E-state index is 0.0585. The van der Waals surface area contributed by atoms with E-state index in [9.17, 15) is 9.59 Å². The Hall–Kier alpha value is -2.54. The number of halogens is 2. The molecule has 0 aliphatic carbocycles. The van der Waals surface area contributed by atoms with Crippen LogP contribution in [0.1, 0.15) is 51.9 Å². The van der Waals surface area contributed by atoms with Crippen LogP contribution < -0.4 is 10.6 Å². The third-order valence-corrected chi connectivity index (χ3v) is 6.15. The lowest BCUT2D eigenvalue weighted by Crippen LogP contribution is -2.46. The van der Waals surface area contributed by atoms with Crippen molar-refractivity contribution in [2.24, 2.45) is 0 Å². The molecule has 1 aromatic heterocycles. The maximum Gasteiger partial charge on any atom is 0.292 e. The number of thiophene rings is 1. The molecule has 1 unspecified atom stereocenters. The third-order valence-electron chi connectivity index (χ3n) is 4.57. The standard InChI is InChI=1S/C18H16BCl2N3O2S.C2H4O2.C2H6/c1-10(23-17(25)14-3-2-6-27-14)24-18(26)15-13(20)7-11-8-19(9-22)5-4-12(11)16(15)21;1-4-2-3;1-2/h2-3,6-7,10H,4-5,8H2,1H3,(H,23,25)(H,24,26);2H,1H3;1-2H3. The summed E-state index contributed by atoms with van der Waals surface area (Å²) in [7, 11) is 1.31.